The molecule has 0 aromatic heterocycles. The molecule has 1 heterocycles. The van der Waals surface area contributed by atoms with Crippen LogP contribution in [-0.4, -0.2) is 30.3 Å². The van der Waals surface area contributed by atoms with Gasteiger partial charge in [-0.05, 0) is 50.9 Å². The molecule has 1 fully saturated rings. The van der Waals surface area contributed by atoms with Crippen molar-refractivity contribution >= 4 is 17.3 Å². The molecule has 0 radical (unpaired) electrons. The van der Waals surface area contributed by atoms with Crippen molar-refractivity contribution in [2.75, 3.05) is 24.5 Å². The molecule has 3 nitrogen and oxygen atoms in total. The van der Waals surface area contributed by atoms with Crippen LogP contribution in [0.2, 0.25) is 5.02 Å². The summed E-state index contributed by atoms with van der Waals surface area (Å²) in [7, 11) is 0. The molecule has 1 saturated heterocycles. The summed E-state index contributed by atoms with van der Waals surface area (Å²) in [6.45, 7) is 8.71. The number of hydrogen-bond donors (Lipinski definition) is 2. The lowest BCUT2D eigenvalue weighted by Crippen LogP contribution is -2.29. The van der Waals surface area contributed by atoms with Gasteiger partial charge in [-0.25, -0.2) is 0 Å². The number of nitrogens with one attached hydrogen (secondary N) is 1. The third-order valence-corrected chi connectivity index (χ3v) is 4.27. The standard InChI is InChI=1S/C16H25ClN2O/c1-4-8-18-12(2)13-5-6-15(14(17)10-13)19-9-7-16(3,20)11-19/h5-6,10,12,18,20H,4,7-9,11H2,1-3H3. The number of benzene rings is 1. The van der Waals surface area contributed by atoms with Gasteiger partial charge >= 0.3 is 0 Å². The van der Waals surface area contributed by atoms with E-state index in [9.17, 15) is 5.11 Å². The SMILES string of the molecule is CCCNC(C)c1ccc(N2CCC(C)(O)C2)c(Cl)c1. The van der Waals surface area contributed by atoms with Crippen LogP contribution in [0.3, 0.4) is 0 Å². The van der Waals surface area contributed by atoms with E-state index in [0.29, 0.717) is 12.6 Å². The number of nitrogens with zero attached hydrogens (tertiary/aromatic N) is 1. The van der Waals surface area contributed by atoms with Crippen molar-refractivity contribution in [2.45, 2.75) is 45.3 Å². The molecule has 2 rings (SSSR count). The Hall–Kier alpha value is -0.770. The van der Waals surface area contributed by atoms with Crippen molar-refractivity contribution < 1.29 is 5.11 Å². The fourth-order valence-corrected chi connectivity index (χ4v) is 2.99. The second-order valence-corrected chi connectivity index (χ2v) is 6.46. The van der Waals surface area contributed by atoms with Crippen LogP contribution in [0.25, 0.3) is 0 Å². The van der Waals surface area contributed by atoms with Gasteiger partial charge in [0, 0.05) is 19.1 Å². The molecule has 4 heteroatoms. The third-order valence-electron chi connectivity index (χ3n) is 3.96. The average molecular weight is 297 g/mol. The molecule has 2 N–H and O–H groups in total. The first-order valence-electron chi connectivity index (χ1n) is 7.43. The highest BCUT2D eigenvalue weighted by atomic mass is 35.5. The van der Waals surface area contributed by atoms with E-state index in [1.54, 1.807) is 0 Å². The van der Waals surface area contributed by atoms with E-state index >= 15 is 0 Å². The first-order chi connectivity index (χ1) is 9.43. The van der Waals surface area contributed by atoms with Gasteiger partial charge < -0.3 is 15.3 Å². The minimum absolute atomic E-state index is 0.309. The predicted molar refractivity (Wildman–Crippen MR) is 85.6 cm³/mol. The van der Waals surface area contributed by atoms with Gasteiger partial charge in [-0.1, -0.05) is 24.6 Å². The smallest absolute Gasteiger partial charge is 0.0810 e. The minimum Gasteiger partial charge on any atom is -0.388 e. The Morgan fingerprint density at radius 1 is 1.50 bits per heavy atom. The van der Waals surface area contributed by atoms with Gasteiger partial charge in [-0.2, -0.15) is 0 Å². The van der Waals surface area contributed by atoms with Crippen LogP contribution in [-0.2, 0) is 0 Å². The topological polar surface area (TPSA) is 35.5 Å². The van der Waals surface area contributed by atoms with E-state index in [4.69, 9.17) is 11.6 Å². The molecule has 0 bridgehead atoms. The Morgan fingerprint density at radius 2 is 2.25 bits per heavy atom. The average Bonchev–Trinajstić information content (AvgIpc) is 2.76. The largest absolute Gasteiger partial charge is 0.388 e. The molecule has 0 aliphatic carbocycles. The second-order valence-electron chi connectivity index (χ2n) is 6.06. The number of β-amino-alcohol motifs (C(OH)–C–C–N with tert-alkyl or cyclic N) is 1. The van der Waals surface area contributed by atoms with E-state index in [1.165, 1.54) is 5.56 Å². The number of hydrogen-bond acceptors (Lipinski definition) is 3. The first kappa shape index (κ1) is 15.6. The summed E-state index contributed by atoms with van der Waals surface area (Å²) in [5.41, 5.74) is 1.63. The van der Waals surface area contributed by atoms with Gasteiger partial charge in [0.2, 0.25) is 0 Å². The van der Waals surface area contributed by atoms with E-state index in [1.807, 2.05) is 13.0 Å². The monoisotopic (exact) mass is 296 g/mol. The van der Waals surface area contributed by atoms with Crippen molar-refractivity contribution in [2.24, 2.45) is 0 Å². The van der Waals surface area contributed by atoms with Gasteiger partial charge in [0.1, 0.15) is 0 Å². The lowest BCUT2D eigenvalue weighted by Gasteiger charge is -2.23. The fourth-order valence-electron chi connectivity index (χ4n) is 2.68. The van der Waals surface area contributed by atoms with Crippen LogP contribution < -0.4 is 10.2 Å². The number of anilines is 1. The summed E-state index contributed by atoms with van der Waals surface area (Å²) in [4.78, 5) is 2.16. The lowest BCUT2D eigenvalue weighted by atomic mass is 10.1. The molecule has 1 aromatic rings. The van der Waals surface area contributed by atoms with Crippen LogP contribution in [0.4, 0.5) is 5.69 Å². The zero-order valence-corrected chi connectivity index (χ0v) is 13.4. The number of aliphatic hydroxyl groups is 1. The molecule has 2 atom stereocenters. The van der Waals surface area contributed by atoms with E-state index in [0.717, 1.165) is 36.6 Å². The number of halogens is 1. The molecule has 20 heavy (non-hydrogen) atoms. The van der Waals surface area contributed by atoms with E-state index < -0.39 is 5.60 Å². The maximum absolute atomic E-state index is 10.1. The van der Waals surface area contributed by atoms with Crippen molar-refractivity contribution in [1.82, 2.24) is 5.32 Å². The second kappa shape index (κ2) is 6.33. The van der Waals surface area contributed by atoms with E-state index in [2.05, 4.69) is 36.2 Å². The highest BCUT2D eigenvalue weighted by molar-refractivity contribution is 6.33. The van der Waals surface area contributed by atoms with Crippen molar-refractivity contribution in [3.05, 3.63) is 28.8 Å². The highest BCUT2D eigenvalue weighted by Gasteiger charge is 2.32. The zero-order chi connectivity index (χ0) is 14.8. The Balaban J connectivity index is 2.10. The molecule has 2 unspecified atom stereocenters. The summed E-state index contributed by atoms with van der Waals surface area (Å²) < 4.78 is 0. The summed E-state index contributed by atoms with van der Waals surface area (Å²) >= 11 is 6.43. The summed E-state index contributed by atoms with van der Waals surface area (Å²) in [5, 5.41) is 14.3. The summed E-state index contributed by atoms with van der Waals surface area (Å²) in [6.07, 6.45) is 1.92. The molecule has 0 spiro atoms. The summed E-state index contributed by atoms with van der Waals surface area (Å²) in [6, 6.07) is 6.55. The van der Waals surface area contributed by atoms with Gasteiger partial charge in [0.25, 0.3) is 0 Å². The Bertz CT molecular complexity index is 462. The van der Waals surface area contributed by atoms with Gasteiger partial charge in [0.15, 0.2) is 0 Å². The molecule has 0 amide bonds. The lowest BCUT2D eigenvalue weighted by molar-refractivity contribution is 0.0839. The van der Waals surface area contributed by atoms with Crippen LogP contribution >= 0.6 is 11.6 Å². The third kappa shape index (κ3) is 3.66. The maximum atomic E-state index is 10.1. The van der Waals surface area contributed by atoms with Crippen LogP contribution in [0.5, 0.6) is 0 Å². The zero-order valence-electron chi connectivity index (χ0n) is 12.6. The molecule has 112 valence electrons. The van der Waals surface area contributed by atoms with Gasteiger partial charge in [-0.3, -0.25) is 0 Å². The van der Waals surface area contributed by atoms with Crippen LogP contribution in [0.15, 0.2) is 18.2 Å². The molecular weight excluding hydrogens is 272 g/mol. The normalized spacial score (nSPS) is 24.1. The van der Waals surface area contributed by atoms with Crippen molar-refractivity contribution in [3.63, 3.8) is 0 Å². The highest BCUT2D eigenvalue weighted by Crippen LogP contribution is 2.33. The fraction of sp³-hybridized carbons (Fsp3) is 0.625. The Kier molecular flexibility index (Phi) is 4.95. The maximum Gasteiger partial charge on any atom is 0.0810 e. The van der Waals surface area contributed by atoms with E-state index in [-0.39, 0.29) is 0 Å². The first-order valence-corrected chi connectivity index (χ1v) is 7.81. The quantitative estimate of drug-likeness (QED) is 0.874. The predicted octanol–water partition coefficient (Wildman–Crippen LogP) is 3.36. The Labute approximate surface area is 126 Å². The molecule has 1 aliphatic rings. The molecule has 1 aliphatic heterocycles. The van der Waals surface area contributed by atoms with Crippen LogP contribution in [0.1, 0.15) is 45.2 Å². The van der Waals surface area contributed by atoms with Crippen molar-refractivity contribution in [3.8, 4) is 0 Å². The van der Waals surface area contributed by atoms with Crippen LogP contribution in [0, 0.1) is 0 Å². The van der Waals surface area contributed by atoms with Gasteiger partial charge in [0.05, 0.1) is 16.3 Å². The molecule has 0 saturated carbocycles. The molecule has 1 aromatic carbocycles. The molecular formula is C16H25ClN2O. The summed E-state index contributed by atoms with van der Waals surface area (Å²) in [5.74, 6) is 0. The minimum atomic E-state index is -0.599. The number of rotatable bonds is 5. The van der Waals surface area contributed by atoms with Crippen molar-refractivity contribution in [1.29, 1.82) is 0 Å². The van der Waals surface area contributed by atoms with Gasteiger partial charge in [-0.15, -0.1) is 0 Å². The Morgan fingerprint density at radius 3 is 2.80 bits per heavy atom.